The molecule has 0 fully saturated rings. The maximum Gasteiger partial charge on any atom is 0.182 e. The van der Waals surface area contributed by atoms with Crippen LogP contribution in [0.5, 0.6) is 5.75 Å². The third kappa shape index (κ3) is 3.26. The molecule has 0 aliphatic rings. The second kappa shape index (κ2) is 6.03. The van der Waals surface area contributed by atoms with Crippen LogP contribution in [-0.2, 0) is 0 Å². The number of methoxy groups -OCH3 is 1. The van der Waals surface area contributed by atoms with E-state index in [2.05, 4.69) is 5.32 Å². The standard InChI is InChI=1S/C15H13F4NO/c1-8(9-3-4-11(17)14(5-9)21-2)20-13-7-10(16)6-12(18)15(13)19/h3-8,20H,1-2H3. The molecule has 1 N–H and O–H groups in total. The predicted molar refractivity (Wildman–Crippen MR) is 71.3 cm³/mol. The zero-order chi connectivity index (χ0) is 15.6. The molecule has 0 aromatic heterocycles. The molecule has 1 unspecified atom stereocenters. The Morgan fingerprint density at radius 1 is 1.00 bits per heavy atom. The molecule has 2 rings (SSSR count). The van der Waals surface area contributed by atoms with Crippen LogP contribution in [0.2, 0.25) is 0 Å². The first-order valence-corrected chi connectivity index (χ1v) is 6.17. The molecule has 6 heteroatoms. The average molecular weight is 299 g/mol. The number of anilines is 1. The van der Waals surface area contributed by atoms with E-state index >= 15 is 0 Å². The van der Waals surface area contributed by atoms with Gasteiger partial charge in [0.15, 0.2) is 23.2 Å². The number of nitrogens with one attached hydrogen (secondary N) is 1. The van der Waals surface area contributed by atoms with E-state index in [4.69, 9.17) is 4.74 Å². The molecule has 0 radical (unpaired) electrons. The Hall–Kier alpha value is -2.24. The highest BCUT2D eigenvalue weighted by Gasteiger charge is 2.15. The quantitative estimate of drug-likeness (QED) is 0.666. The lowest BCUT2D eigenvalue weighted by molar-refractivity contribution is 0.385. The first-order chi connectivity index (χ1) is 9.92. The van der Waals surface area contributed by atoms with Gasteiger partial charge in [-0.1, -0.05) is 6.07 Å². The number of hydrogen-bond donors (Lipinski definition) is 1. The van der Waals surface area contributed by atoms with E-state index in [1.807, 2.05) is 0 Å². The average Bonchev–Trinajstić information content (AvgIpc) is 2.44. The van der Waals surface area contributed by atoms with Crippen LogP contribution in [0, 0.1) is 23.3 Å². The van der Waals surface area contributed by atoms with Gasteiger partial charge >= 0.3 is 0 Å². The van der Waals surface area contributed by atoms with Gasteiger partial charge in [-0.3, -0.25) is 0 Å². The summed E-state index contributed by atoms with van der Waals surface area (Å²) in [5.41, 5.74) is 0.278. The van der Waals surface area contributed by atoms with Gasteiger partial charge in [-0.05, 0) is 24.6 Å². The first kappa shape index (κ1) is 15.2. The topological polar surface area (TPSA) is 21.3 Å². The van der Waals surface area contributed by atoms with Crippen LogP contribution in [0.3, 0.4) is 0 Å². The van der Waals surface area contributed by atoms with E-state index in [9.17, 15) is 17.6 Å². The Balaban J connectivity index is 2.28. The van der Waals surface area contributed by atoms with Crippen LogP contribution in [0.4, 0.5) is 23.2 Å². The minimum atomic E-state index is -1.28. The monoisotopic (exact) mass is 299 g/mol. The third-order valence-corrected chi connectivity index (χ3v) is 3.04. The molecule has 0 amide bonds. The molecule has 112 valence electrons. The van der Waals surface area contributed by atoms with Gasteiger partial charge in [-0.25, -0.2) is 17.6 Å². The predicted octanol–water partition coefficient (Wildman–Crippen LogP) is 4.42. The number of hydrogen-bond acceptors (Lipinski definition) is 2. The number of halogens is 4. The summed E-state index contributed by atoms with van der Waals surface area (Å²) >= 11 is 0. The van der Waals surface area contributed by atoms with Crippen molar-refractivity contribution in [1.29, 1.82) is 0 Å². The molecular formula is C15H13F4NO. The van der Waals surface area contributed by atoms with Crippen LogP contribution >= 0.6 is 0 Å². The van der Waals surface area contributed by atoms with Crippen molar-refractivity contribution in [2.24, 2.45) is 0 Å². The Bertz CT molecular complexity index is 660. The largest absolute Gasteiger partial charge is 0.494 e. The van der Waals surface area contributed by atoms with Gasteiger partial charge in [0.2, 0.25) is 0 Å². The minimum absolute atomic E-state index is 0.0343. The summed E-state index contributed by atoms with van der Waals surface area (Å²) in [5.74, 6) is -3.83. The summed E-state index contributed by atoms with van der Waals surface area (Å²) in [4.78, 5) is 0. The molecule has 0 spiro atoms. The van der Waals surface area contributed by atoms with Gasteiger partial charge in [0, 0.05) is 18.2 Å². The molecule has 1 atom stereocenters. The van der Waals surface area contributed by atoms with E-state index in [0.717, 1.165) is 6.07 Å². The molecule has 0 saturated heterocycles. The van der Waals surface area contributed by atoms with Crippen molar-refractivity contribution in [2.45, 2.75) is 13.0 Å². The zero-order valence-corrected chi connectivity index (χ0v) is 11.4. The second-order valence-corrected chi connectivity index (χ2v) is 4.51. The number of benzene rings is 2. The lowest BCUT2D eigenvalue weighted by Gasteiger charge is -2.17. The van der Waals surface area contributed by atoms with Crippen molar-refractivity contribution < 1.29 is 22.3 Å². The smallest absolute Gasteiger partial charge is 0.182 e. The van der Waals surface area contributed by atoms with Crippen molar-refractivity contribution in [3.05, 3.63) is 59.2 Å². The van der Waals surface area contributed by atoms with Crippen molar-refractivity contribution >= 4 is 5.69 Å². The fraction of sp³-hybridized carbons (Fsp3) is 0.200. The molecule has 2 aromatic carbocycles. The SMILES string of the molecule is COc1cc(C(C)Nc2cc(F)cc(F)c2F)ccc1F. The lowest BCUT2D eigenvalue weighted by Crippen LogP contribution is -2.09. The van der Waals surface area contributed by atoms with Gasteiger partial charge < -0.3 is 10.1 Å². The Kier molecular flexibility index (Phi) is 4.35. The Labute approximate surface area is 119 Å². The summed E-state index contributed by atoms with van der Waals surface area (Å²) in [5, 5.41) is 2.65. The van der Waals surface area contributed by atoms with Gasteiger partial charge in [0.1, 0.15) is 5.82 Å². The van der Waals surface area contributed by atoms with Crippen molar-refractivity contribution in [3.8, 4) is 5.75 Å². The maximum atomic E-state index is 13.6. The Morgan fingerprint density at radius 2 is 1.71 bits per heavy atom. The highest BCUT2D eigenvalue weighted by atomic mass is 19.2. The van der Waals surface area contributed by atoms with E-state index < -0.39 is 29.3 Å². The van der Waals surface area contributed by atoms with E-state index in [1.165, 1.54) is 25.3 Å². The molecule has 0 bridgehead atoms. The fourth-order valence-corrected chi connectivity index (χ4v) is 1.92. The lowest BCUT2D eigenvalue weighted by atomic mass is 10.1. The molecular weight excluding hydrogens is 286 g/mol. The summed E-state index contributed by atoms with van der Waals surface area (Å²) in [6.45, 7) is 1.65. The third-order valence-electron chi connectivity index (χ3n) is 3.04. The molecule has 2 aromatic rings. The van der Waals surface area contributed by atoms with Gasteiger partial charge in [-0.15, -0.1) is 0 Å². The normalized spacial score (nSPS) is 12.1. The molecule has 0 aliphatic carbocycles. The van der Waals surface area contributed by atoms with Crippen LogP contribution in [0.1, 0.15) is 18.5 Å². The highest BCUT2D eigenvalue weighted by Crippen LogP contribution is 2.27. The van der Waals surface area contributed by atoms with Gasteiger partial charge in [0.05, 0.1) is 12.8 Å². The van der Waals surface area contributed by atoms with E-state index in [1.54, 1.807) is 6.92 Å². The van der Waals surface area contributed by atoms with E-state index in [0.29, 0.717) is 11.6 Å². The number of rotatable bonds is 4. The molecule has 21 heavy (non-hydrogen) atoms. The van der Waals surface area contributed by atoms with E-state index in [-0.39, 0.29) is 11.4 Å². The van der Waals surface area contributed by atoms with Gasteiger partial charge in [0.25, 0.3) is 0 Å². The molecule has 0 aliphatic heterocycles. The van der Waals surface area contributed by atoms with Crippen LogP contribution in [0.15, 0.2) is 30.3 Å². The Morgan fingerprint density at radius 3 is 2.38 bits per heavy atom. The molecule has 2 nitrogen and oxygen atoms in total. The van der Waals surface area contributed by atoms with Crippen LogP contribution < -0.4 is 10.1 Å². The van der Waals surface area contributed by atoms with Gasteiger partial charge in [-0.2, -0.15) is 0 Å². The maximum absolute atomic E-state index is 13.6. The summed E-state index contributed by atoms with van der Waals surface area (Å²) in [6, 6.07) is 4.93. The second-order valence-electron chi connectivity index (χ2n) is 4.51. The minimum Gasteiger partial charge on any atom is -0.494 e. The summed E-state index contributed by atoms with van der Waals surface area (Å²) in [7, 11) is 1.32. The summed E-state index contributed by atoms with van der Waals surface area (Å²) < 4.78 is 58.0. The molecule has 0 heterocycles. The zero-order valence-electron chi connectivity index (χ0n) is 11.4. The van der Waals surface area contributed by atoms with Crippen molar-refractivity contribution in [3.63, 3.8) is 0 Å². The summed E-state index contributed by atoms with van der Waals surface area (Å²) in [6.07, 6.45) is 0. The van der Waals surface area contributed by atoms with Crippen LogP contribution in [0.25, 0.3) is 0 Å². The van der Waals surface area contributed by atoms with Crippen LogP contribution in [-0.4, -0.2) is 7.11 Å². The first-order valence-electron chi connectivity index (χ1n) is 6.17. The fourth-order valence-electron chi connectivity index (χ4n) is 1.92. The molecule has 0 saturated carbocycles. The van der Waals surface area contributed by atoms with Crippen molar-refractivity contribution in [2.75, 3.05) is 12.4 Å². The number of ether oxygens (including phenoxy) is 1. The highest BCUT2D eigenvalue weighted by molar-refractivity contribution is 5.48. The van der Waals surface area contributed by atoms with Crippen molar-refractivity contribution in [1.82, 2.24) is 0 Å².